The van der Waals surface area contributed by atoms with E-state index in [0.717, 1.165) is 18.2 Å². The fourth-order valence-electron chi connectivity index (χ4n) is 1.87. The second-order valence-corrected chi connectivity index (χ2v) is 4.50. The molecule has 0 heterocycles. The summed E-state index contributed by atoms with van der Waals surface area (Å²) in [6, 6.07) is 3.90. The average molecular weight is 322 g/mol. The van der Waals surface area contributed by atoms with E-state index in [-0.39, 0.29) is 17.4 Å². The topological polar surface area (TPSA) is 40.5 Å². The number of halogens is 6. The maximum atomic E-state index is 12.7. The van der Waals surface area contributed by atoms with Crippen LogP contribution in [0.4, 0.5) is 26.3 Å². The highest BCUT2D eigenvalue weighted by molar-refractivity contribution is 5.72. The van der Waals surface area contributed by atoms with Crippen molar-refractivity contribution in [3.63, 3.8) is 0 Å². The van der Waals surface area contributed by atoms with Crippen molar-refractivity contribution in [3.8, 4) is 22.6 Å². The molecule has 8 heteroatoms. The van der Waals surface area contributed by atoms with Crippen molar-refractivity contribution in [1.29, 1.82) is 0 Å². The molecule has 2 nitrogen and oxygen atoms in total. The maximum Gasteiger partial charge on any atom is 0.416 e. The zero-order valence-corrected chi connectivity index (χ0v) is 10.6. The summed E-state index contributed by atoms with van der Waals surface area (Å²) in [5.41, 5.74) is -3.68. The van der Waals surface area contributed by atoms with E-state index in [0.29, 0.717) is 12.1 Å². The molecule has 0 saturated carbocycles. The van der Waals surface area contributed by atoms with E-state index >= 15 is 0 Å². The Morgan fingerprint density at radius 3 is 1.59 bits per heavy atom. The molecule has 0 spiro atoms. The van der Waals surface area contributed by atoms with Crippen LogP contribution in [0.1, 0.15) is 11.1 Å². The number of alkyl halides is 6. The van der Waals surface area contributed by atoms with Gasteiger partial charge in [-0.1, -0.05) is 0 Å². The number of benzene rings is 2. The van der Waals surface area contributed by atoms with Crippen LogP contribution in [0.15, 0.2) is 36.4 Å². The summed E-state index contributed by atoms with van der Waals surface area (Å²) in [6.45, 7) is 0. The molecule has 0 atom stereocenters. The third-order valence-electron chi connectivity index (χ3n) is 2.88. The molecule has 0 aliphatic carbocycles. The van der Waals surface area contributed by atoms with Gasteiger partial charge in [0.15, 0.2) is 0 Å². The number of aromatic hydroxyl groups is 2. The van der Waals surface area contributed by atoms with Gasteiger partial charge in [-0.25, -0.2) is 0 Å². The Bertz CT molecular complexity index is 671. The van der Waals surface area contributed by atoms with Gasteiger partial charge in [0.1, 0.15) is 11.5 Å². The van der Waals surface area contributed by atoms with E-state index in [9.17, 15) is 31.4 Å². The molecule has 2 N–H and O–H groups in total. The molecule has 0 amide bonds. The van der Waals surface area contributed by atoms with Crippen molar-refractivity contribution >= 4 is 0 Å². The first-order valence-corrected chi connectivity index (χ1v) is 5.80. The molecular weight excluding hydrogens is 314 g/mol. The highest BCUT2D eigenvalue weighted by Crippen LogP contribution is 2.40. The number of hydrogen-bond donors (Lipinski definition) is 2. The van der Waals surface area contributed by atoms with Gasteiger partial charge in [0, 0.05) is 11.6 Å². The Morgan fingerprint density at radius 2 is 1.18 bits per heavy atom. The normalized spacial score (nSPS) is 12.5. The first-order chi connectivity index (χ1) is 9.98. The molecule has 0 unspecified atom stereocenters. The molecule has 0 radical (unpaired) electrons. The molecule has 0 aliphatic heterocycles. The SMILES string of the molecule is Oc1ccc(-c2cc(C(F)(F)F)cc(C(F)(F)F)c2)c(O)c1. The summed E-state index contributed by atoms with van der Waals surface area (Å²) in [4.78, 5) is 0. The highest BCUT2D eigenvalue weighted by Gasteiger charge is 2.37. The highest BCUT2D eigenvalue weighted by atomic mass is 19.4. The summed E-state index contributed by atoms with van der Waals surface area (Å²) in [6.07, 6.45) is -9.94. The van der Waals surface area contributed by atoms with E-state index in [1.165, 1.54) is 0 Å². The van der Waals surface area contributed by atoms with E-state index in [4.69, 9.17) is 5.11 Å². The Morgan fingerprint density at radius 1 is 0.682 bits per heavy atom. The van der Waals surface area contributed by atoms with Gasteiger partial charge < -0.3 is 10.2 Å². The molecule has 0 saturated heterocycles. The fourth-order valence-corrected chi connectivity index (χ4v) is 1.87. The smallest absolute Gasteiger partial charge is 0.416 e. The summed E-state index contributed by atoms with van der Waals surface area (Å²) < 4.78 is 76.5. The lowest BCUT2D eigenvalue weighted by atomic mass is 9.98. The first-order valence-electron chi connectivity index (χ1n) is 5.80. The quantitative estimate of drug-likeness (QED) is 0.740. The van der Waals surface area contributed by atoms with Crippen LogP contribution in [0.3, 0.4) is 0 Å². The number of hydrogen-bond acceptors (Lipinski definition) is 2. The van der Waals surface area contributed by atoms with Crippen LogP contribution in [-0.2, 0) is 12.4 Å². The second-order valence-electron chi connectivity index (χ2n) is 4.50. The Kier molecular flexibility index (Phi) is 3.72. The van der Waals surface area contributed by atoms with Gasteiger partial charge in [0.2, 0.25) is 0 Å². The van der Waals surface area contributed by atoms with E-state index in [2.05, 4.69) is 0 Å². The zero-order valence-electron chi connectivity index (χ0n) is 10.6. The Labute approximate surface area is 120 Å². The van der Waals surface area contributed by atoms with Crippen LogP contribution < -0.4 is 0 Å². The van der Waals surface area contributed by atoms with E-state index in [1.807, 2.05) is 0 Å². The van der Waals surface area contributed by atoms with Gasteiger partial charge in [-0.3, -0.25) is 0 Å². The van der Waals surface area contributed by atoms with Gasteiger partial charge in [-0.05, 0) is 35.9 Å². The second kappa shape index (κ2) is 5.11. The zero-order chi connectivity index (χ0) is 16.7. The fraction of sp³-hybridized carbons (Fsp3) is 0.143. The predicted octanol–water partition coefficient (Wildman–Crippen LogP) is 4.80. The molecule has 22 heavy (non-hydrogen) atoms. The third kappa shape index (κ3) is 3.26. The Hall–Kier alpha value is -2.38. The summed E-state index contributed by atoms with van der Waals surface area (Å²) >= 11 is 0. The molecule has 0 bridgehead atoms. The van der Waals surface area contributed by atoms with Crippen LogP contribution in [0, 0.1) is 0 Å². The first kappa shape index (κ1) is 16.0. The van der Waals surface area contributed by atoms with Crippen LogP contribution in [0.5, 0.6) is 11.5 Å². The summed E-state index contributed by atoms with van der Waals surface area (Å²) in [5.74, 6) is -1.00. The monoisotopic (exact) mass is 322 g/mol. The van der Waals surface area contributed by atoms with Crippen molar-refractivity contribution in [1.82, 2.24) is 0 Å². The Balaban J connectivity index is 2.70. The van der Waals surface area contributed by atoms with Crippen molar-refractivity contribution < 1.29 is 36.6 Å². The lowest BCUT2D eigenvalue weighted by Crippen LogP contribution is -2.11. The van der Waals surface area contributed by atoms with Gasteiger partial charge in [0.05, 0.1) is 11.1 Å². The summed E-state index contributed by atoms with van der Waals surface area (Å²) in [5, 5.41) is 18.7. The van der Waals surface area contributed by atoms with Crippen molar-refractivity contribution in [2.45, 2.75) is 12.4 Å². The standard InChI is InChI=1S/C14H8F6O2/c15-13(16,17)8-3-7(4-9(5-8)14(18,19)20)11-2-1-10(21)6-12(11)22/h1-6,21-22H. The average Bonchev–Trinajstić information content (AvgIpc) is 2.36. The minimum Gasteiger partial charge on any atom is -0.508 e. The largest absolute Gasteiger partial charge is 0.508 e. The lowest BCUT2D eigenvalue weighted by Gasteiger charge is -2.15. The van der Waals surface area contributed by atoms with Crippen molar-refractivity contribution in [2.75, 3.05) is 0 Å². The number of phenols is 2. The van der Waals surface area contributed by atoms with E-state index < -0.39 is 34.8 Å². The van der Waals surface area contributed by atoms with Gasteiger partial charge in [-0.2, -0.15) is 26.3 Å². The molecule has 0 fully saturated rings. The lowest BCUT2D eigenvalue weighted by molar-refractivity contribution is -0.143. The van der Waals surface area contributed by atoms with Crippen molar-refractivity contribution in [2.24, 2.45) is 0 Å². The molecule has 118 valence electrons. The van der Waals surface area contributed by atoms with Gasteiger partial charge >= 0.3 is 12.4 Å². The van der Waals surface area contributed by atoms with Crippen LogP contribution in [0.2, 0.25) is 0 Å². The van der Waals surface area contributed by atoms with Gasteiger partial charge in [0.25, 0.3) is 0 Å². The molecule has 2 aromatic carbocycles. The molecule has 2 rings (SSSR count). The molecule has 0 aromatic heterocycles. The predicted molar refractivity (Wildman–Crippen MR) is 65.2 cm³/mol. The van der Waals surface area contributed by atoms with Crippen LogP contribution in [-0.4, -0.2) is 10.2 Å². The third-order valence-corrected chi connectivity index (χ3v) is 2.88. The summed E-state index contributed by atoms with van der Waals surface area (Å²) in [7, 11) is 0. The molecule has 0 aliphatic rings. The molecule has 2 aromatic rings. The minimum atomic E-state index is -4.97. The van der Waals surface area contributed by atoms with Crippen molar-refractivity contribution in [3.05, 3.63) is 47.5 Å². The number of rotatable bonds is 1. The van der Waals surface area contributed by atoms with E-state index in [1.54, 1.807) is 0 Å². The molecular formula is C14H8F6O2. The van der Waals surface area contributed by atoms with Crippen LogP contribution in [0.25, 0.3) is 11.1 Å². The van der Waals surface area contributed by atoms with Gasteiger partial charge in [-0.15, -0.1) is 0 Å². The minimum absolute atomic E-state index is 0.000952. The number of phenolic OH excluding ortho intramolecular Hbond substituents is 2. The maximum absolute atomic E-state index is 12.7. The van der Waals surface area contributed by atoms with Crippen LogP contribution >= 0.6 is 0 Å².